The lowest BCUT2D eigenvalue weighted by Gasteiger charge is -2.11. The summed E-state index contributed by atoms with van der Waals surface area (Å²) in [4.78, 5) is 0. The zero-order chi connectivity index (χ0) is 10.8. The maximum absolute atomic E-state index is 2.41. The van der Waals surface area contributed by atoms with E-state index in [2.05, 4.69) is 78.9 Å². The van der Waals surface area contributed by atoms with Crippen molar-refractivity contribution < 1.29 is 0 Å². The Morgan fingerprint density at radius 1 is 0.867 bits per heavy atom. The number of hydrogen-bond donors (Lipinski definition) is 0. The Labute approximate surface area is 104 Å². The van der Waals surface area contributed by atoms with Crippen LogP contribution in [-0.2, 0) is 0 Å². The third-order valence-electron chi connectivity index (χ3n) is 2.75. The third kappa shape index (κ3) is 2.07. The van der Waals surface area contributed by atoms with Gasteiger partial charge in [0.05, 0.1) is 0 Å². The predicted octanol–water partition coefficient (Wildman–Crippen LogP) is 4.58. The zero-order valence-corrected chi connectivity index (χ0v) is 11.1. The van der Waals surface area contributed by atoms with Crippen LogP contribution in [0.3, 0.4) is 0 Å². The molecule has 0 aliphatic heterocycles. The van der Waals surface area contributed by atoms with Gasteiger partial charge in [-0.3, -0.25) is 0 Å². The Morgan fingerprint density at radius 3 is 2.20 bits per heavy atom. The van der Waals surface area contributed by atoms with E-state index in [9.17, 15) is 0 Å². The highest BCUT2D eigenvalue weighted by Crippen LogP contribution is 2.30. The van der Waals surface area contributed by atoms with Crippen LogP contribution < -0.4 is 0 Å². The first kappa shape index (κ1) is 10.7. The number of benzene rings is 2. The molecular weight excluding hydrogens is 295 g/mol. The molecule has 2 aromatic carbocycles. The third-order valence-corrected chi connectivity index (χ3v) is 3.65. The molecular formula is C14H13I. The summed E-state index contributed by atoms with van der Waals surface area (Å²) in [6.45, 7) is 4.36. The maximum Gasteiger partial charge on any atom is 0.0211 e. The van der Waals surface area contributed by atoms with Crippen molar-refractivity contribution in [3.63, 3.8) is 0 Å². The molecule has 0 bridgehead atoms. The van der Waals surface area contributed by atoms with Gasteiger partial charge in [0, 0.05) is 3.57 Å². The lowest BCUT2D eigenvalue weighted by Crippen LogP contribution is -1.90. The maximum atomic E-state index is 2.41. The number of rotatable bonds is 1. The molecule has 0 radical (unpaired) electrons. The second-order valence-electron chi connectivity index (χ2n) is 3.73. The highest BCUT2D eigenvalue weighted by atomic mass is 127. The summed E-state index contributed by atoms with van der Waals surface area (Å²) in [5, 5.41) is 0. The summed E-state index contributed by atoms with van der Waals surface area (Å²) in [7, 11) is 0. The van der Waals surface area contributed by atoms with E-state index in [-0.39, 0.29) is 0 Å². The average molecular weight is 308 g/mol. The number of halogens is 1. The van der Waals surface area contributed by atoms with Crippen LogP contribution >= 0.6 is 22.6 Å². The van der Waals surface area contributed by atoms with Gasteiger partial charge in [0.1, 0.15) is 0 Å². The Morgan fingerprint density at radius 2 is 1.53 bits per heavy atom. The predicted molar refractivity (Wildman–Crippen MR) is 74.1 cm³/mol. The lowest BCUT2D eigenvalue weighted by atomic mass is 9.97. The molecule has 1 heteroatoms. The van der Waals surface area contributed by atoms with Crippen molar-refractivity contribution in [3.8, 4) is 11.1 Å². The van der Waals surface area contributed by atoms with Crippen LogP contribution in [0.2, 0.25) is 0 Å². The smallest absolute Gasteiger partial charge is 0.0211 e. The van der Waals surface area contributed by atoms with Crippen molar-refractivity contribution in [3.05, 3.63) is 57.2 Å². The minimum Gasteiger partial charge on any atom is -0.0622 e. The highest BCUT2D eigenvalue weighted by molar-refractivity contribution is 14.1. The Kier molecular flexibility index (Phi) is 3.10. The minimum atomic E-state index is 1.31. The van der Waals surface area contributed by atoms with Gasteiger partial charge in [0.2, 0.25) is 0 Å². The molecule has 0 saturated heterocycles. The summed E-state index contributed by atoms with van der Waals surface area (Å²) >= 11 is 2.41. The quantitative estimate of drug-likeness (QED) is 0.677. The fourth-order valence-electron chi connectivity index (χ4n) is 1.74. The number of aryl methyl sites for hydroxylation is 1. The van der Waals surface area contributed by atoms with Crippen LogP contribution in [0.5, 0.6) is 0 Å². The molecule has 76 valence electrons. The van der Waals surface area contributed by atoms with E-state index in [0.29, 0.717) is 0 Å². The van der Waals surface area contributed by atoms with Crippen molar-refractivity contribution in [1.29, 1.82) is 0 Å². The van der Waals surface area contributed by atoms with Gasteiger partial charge in [0.25, 0.3) is 0 Å². The van der Waals surface area contributed by atoms with E-state index in [0.717, 1.165) is 0 Å². The zero-order valence-electron chi connectivity index (χ0n) is 8.92. The van der Waals surface area contributed by atoms with Gasteiger partial charge in [-0.15, -0.1) is 0 Å². The molecule has 0 heterocycles. The first-order valence-corrected chi connectivity index (χ1v) is 6.09. The Bertz CT molecular complexity index is 472. The van der Waals surface area contributed by atoms with E-state index in [4.69, 9.17) is 0 Å². The normalized spacial score (nSPS) is 10.3. The van der Waals surface area contributed by atoms with Crippen molar-refractivity contribution in [1.82, 2.24) is 0 Å². The molecule has 0 saturated carbocycles. The molecule has 15 heavy (non-hydrogen) atoms. The highest BCUT2D eigenvalue weighted by Gasteiger charge is 2.07. The molecule has 0 nitrogen and oxygen atoms in total. The number of hydrogen-bond acceptors (Lipinski definition) is 0. The van der Waals surface area contributed by atoms with Crippen molar-refractivity contribution in [2.24, 2.45) is 0 Å². The molecule has 0 aliphatic carbocycles. The van der Waals surface area contributed by atoms with Gasteiger partial charge in [-0.05, 0) is 64.8 Å². The molecule has 0 unspecified atom stereocenters. The molecule has 2 aromatic rings. The molecule has 0 amide bonds. The van der Waals surface area contributed by atoms with Crippen molar-refractivity contribution in [2.75, 3.05) is 0 Å². The summed E-state index contributed by atoms with van der Waals surface area (Å²) in [5.74, 6) is 0. The van der Waals surface area contributed by atoms with Crippen LogP contribution in [-0.4, -0.2) is 0 Å². The monoisotopic (exact) mass is 308 g/mol. The second-order valence-corrected chi connectivity index (χ2v) is 4.89. The molecule has 0 atom stereocenters. The van der Waals surface area contributed by atoms with Gasteiger partial charge < -0.3 is 0 Å². The molecule has 0 aromatic heterocycles. The summed E-state index contributed by atoms with van der Waals surface area (Å²) in [6.07, 6.45) is 0. The average Bonchev–Trinajstić information content (AvgIpc) is 2.26. The first-order chi connectivity index (χ1) is 7.20. The van der Waals surface area contributed by atoms with Gasteiger partial charge in [-0.25, -0.2) is 0 Å². The van der Waals surface area contributed by atoms with Crippen molar-refractivity contribution >= 4 is 22.6 Å². The lowest BCUT2D eigenvalue weighted by molar-refractivity contribution is 1.33. The topological polar surface area (TPSA) is 0 Å². The molecule has 0 fully saturated rings. The van der Waals surface area contributed by atoms with E-state index in [1.807, 2.05) is 0 Å². The van der Waals surface area contributed by atoms with E-state index < -0.39 is 0 Å². The van der Waals surface area contributed by atoms with E-state index in [1.54, 1.807) is 0 Å². The van der Waals surface area contributed by atoms with Crippen LogP contribution in [0.15, 0.2) is 42.5 Å². The summed E-state index contributed by atoms with van der Waals surface area (Å²) < 4.78 is 1.32. The SMILES string of the molecule is Cc1ccc(I)c(-c2ccccc2)c1C. The van der Waals surface area contributed by atoms with Gasteiger partial charge in [0.15, 0.2) is 0 Å². The largest absolute Gasteiger partial charge is 0.0622 e. The Hall–Kier alpha value is -0.830. The van der Waals surface area contributed by atoms with Crippen molar-refractivity contribution in [2.45, 2.75) is 13.8 Å². The van der Waals surface area contributed by atoms with Gasteiger partial charge >= 0.3 is 0 Å². The van der Waals surface area contributed by atoms with Crippen LogP contribution in [0.4, 0.5) is 0 Å². The van der Waals surface area contributed by atoms with E-state index in [1.165, 1.54) is 25.8 Å². The van der Waals surface area contributed by atoms with Crippen LogP contribution in [0.25, 0.3) is 11.1 Å². The van der Waals surface area contributed by atoms with Gasteiger partial charge in [-0.1, -0.05) is 36.4 Å². The van der Waals surface area contributed by atoms with Crippen LogP contribution in [0.1, 0.15) is 11.1 Å². The fraction of sp³-hybridized carbons (Fsp3) is 0.143. The van der Waals surface area contributed by atoms with Crippen LogP contribution in [0, 0.1) is 17.4 Å². The first-order valence-electron chi connectivity index (χ1n) is 5.01. The Balaban J connectivity index is 2.68. The molecule has 0 N–H and O–H groups in total. The fourth-order valence-corrected chi connectivity index (χ4v) is 2.64. The summed E-state index contributed by atoms with van der Waals surface area (Å²) in [6, 6.07) is 14.9. The van der Waals surface area contributed by atoms with Gasteiger partial charge in [-0.2, -0.15) is 0 Å². The van der Waals surface area contributed by atoms with E-state index >= 15 is 0 Å². The minimum absolute atomic E-state index is 1.31. The molecule has 0 aliphatic rings. The molecule has 0 spiro atoms. The summed E-state index contributed by atoms with van der Waals surface area (Å²) in [5.41, 5.74) is 5.42. The second kappa shape index (κ2) is 4.35. The standard InChI is InChI=1S/C14H13I/c1-10-8-9-13(15)14(11(10)2)12-6-4-3-5-7-12/h3-9H,1-2H3. The molecule has 2 rings (SSSR count).